The maximum atomic E-state index is 13.6. The van der Waals surface area contributed by atoms with E-state index in [1.54, 1.807) is 39.2 Å². The molecule has 0 unspecified atom stereocenters. The zero-order valence-electron chi connectivity index (χ0n) is 73.7. The molecule has 0 aliphatic heterocycles. The smallest absolute Gasteiger partial charge is 1.00 e. The van der Waals surface area contributed by atoms with Crippen molar-refractivity contribution in [1.82, 2.24) is 59.6 Å². The third kappa shape index (κ3) is 31.4. The summed E-state index contributed by atoms with van der Waals surface area (Å²) in [6, 6.07) is 16.1. The molecule has 4 N–H and O–H groups in total. The fourth-order valence-corrected chi connectivity index (χ4v) is 12.0. The molecule has 0 saturated carbocycles. The molecule has 0 spiro atoms. The number of rotatable bonds is 23. The molecular weight excluding hydrogens is 2020 g/mol. The van der Waals surface area contributed by atoms with Crippen LogP contribution < -0.4 is 141 Å². The molecule has 57 heteroatoms. The Morgan fingerprint density at radius 1 is 0.543 bits per heavy atom. The van der Waals surface area contributed by atoms with E-state index < -0.39 is 201 Å². The molecule has 4 aromatic carbocycles. The number of nitrogens with one attached hydrogen (secondary N) is 3. The molecule has 140 heavy (non-hydrogen) atoms. The molecule has 0 atom stereocenters. The third-order valence-electron chi connectivity index (χ3n) is 17.7. The predicted octanol–water partition coefficient (Wildman–Crippen LogP) is 5.34. The van der Waals surface area contributed by atoms with Gasteiger partial charge in [-0.15, -0.1) is 0 Å². The summed E-state index contributed by atoms with van der Waals surface area (Å²) in [4.78, 5) is 177. The van der Waals surface area contributed by atoms with Crippen molar-refractivity contribution in [1.29, 1.82) is 0 Å². The first-order valence-corrected chi connectivity index (χ1v) is 39.4. The standard InChI is InChI=1S/C24H15F3N6O5.C16H18N4O3.C15H11F3N2O5.C13H7F3N2O5.C7H4BrF3.C7H6N2O5.CH2O3.2K.H/c25-17-6-12(7-18(26)21(17)27)10-32-11-13(33(36)37)8-16(24(32)35)22(34)29-9-20-30-23(38-31-20)15-3-4-19-14(15)2-1-5-28-19;1-16(2,3)22-15(21)18-9-13-19-14(23-20-13)11-6-7-12-10(11)5-4-8-17-12;1-2-25-15(22)10-5-9(20(23)24)7-19(14(10)21)6-8-3-11(16)13(18)12(17)4-8;14-9-1-6(2-10(15)11(9)16)4-17-5-7(18(22)23)3-8(12(17)19)13(20)21;8-3-4-1-5(9)7(11)6(10)2-4;1-14-7(11)5-2-4(9(12)13)3-8-6(5)10;2-1-4-3;;;/h1-3,5-8,11H,4,9-10H2,(H,29,34);4-6,8H,7,9H2,1-3H3,(H,18,21);3-5,7H,2,6H2,1H3;1-3,5H,4H2,(H,20,21);1-2H,3H2;2-3H,1H3,(H,8,10);1,3H;;;/q;;;;;;;2*+1;-1/p-1. The van der Waals surface area contributed by atoms with Crippen LogP contribution in [0.1, 0.15) is 139 Å². The Hall–Kier alpha value is -14.2. The minimum Gasteiger partial charge on any atom is -1.00 e. The van der Waals surface area contributed by atoms with Gasteiger partial charge in [0, 0.05) is 77.1 Å². The molecule has 12 aromatic rings. The maximum absolute atomic E-state index is 13.6. The topological polar surface area (TPSA) is 582 Å². The van der Waals surface area contributed by atoms with Gasteiger partial charge in [0.05, 0.1) is 102 Å². The molecule has 2 aliphatic carbocycles. The van der Waals surface area contributed by atoms with E-state index in [0.717, 1.165) is 106 Å². The van der Waals surface area contributed by atoms with Crippen LogP contribution in [0.15, 0.2) is 175 Å². The van der Waals surface area contributed by atoms with Gasteiger partial charge in [0.15, 0.2) is 81.5 Å². The normalized spacial score (nSPS) is 11.1. The second-order valence-electron chi connectivity index (χ2n) is 28.3. The van der Waals surface area contributed by atoms with E-state index in [9.17, 15) is 136 Å². The summed E-state index contributed by atoms with van der Waals surface area (Å²) >= 11 is 2.99. The number of methoxy groups -OCH3 is 1. The summed E-state index contributed by atoms with van der Waals surface area (Å²) in [5.74, 6) is -21.3. The van der Waals surface area contributed by atoms with Crippen molar-refractivity contribution in [3.05, 3.63) is 389 Å². The van der Waals surface area contributed by atoms with E-state index in [4.69, 9.17) is 28.9 Å². The number of aromatic amines is 1. The van der Waals surface area contributed by atoms with Gasteiger partial charge in [0.1, 0.15) is 27.9 Å². The van der Waals surface area contributed by atoms with E-state index in [2.05, 4.69) is 76.2 Å². The number of hydrogen-bond acceptors (Lipinski definition) is 31. The summed E-state index contributed by atoms with van der Waals surface area (Å²) in [5, 5.41) is 73.8. The van der Waals surface area contributed by atoms with Gasteiger partial charge < -0.3 is 69.3 Å². The van der Waals surface area contributed by atoms with Crippen molar-refractivity contribution in [2.24, 2.45) is 0 Å². The molecule has 0 fully saturated rings. The van der Waals surface area contributed by atoms with Crippen LogP contribution in [-0.2, 0) is 74.8 Å². The number of carboxylic acids is 1. The Balaban J connectivity index is 0.000000305. The van der Waals surface area contributed by atoms with Crippen LogP contribution in [0.2, 0.25) is 0 Å². The van der Waals surface area contributed by atoms with E-state index in [-0.39, 0.29) is 170 Å². The largest absolute Gasteiger partial charge is 1.00 e. The van der Waals surface area contributed by atoms with Crippen LogP contribution in [-0.4, -0.2) is 129 Å². The number of halogens is 13. The number of aromatic carboxylic acids is 1. The Morgan fingerprint density at radius 2 is 0.893 bits per heavy atom. The molecule has 42 nitrogen and oxygen atoms in total. The number of pyridine rings is 6. The number of nitro groups is 4. The van der Waals surface area contributed by atoms with Gasteiger partial charge in [0.25, 0.3) is 69.1 Å². The molecule has 0 radical (unpaired) electrons. The van der Waals surface area contributed by atoms with Crippen molar-refractivity contribution >= 4 is 86.2 Å². The van der Waals surface area contributed by atoms with Crippen LogP contribution >= 0.6 is 15.9 Å². The Morgan fingerprint density at radius 3 is 1.24 bits per heavy atom. The van der Waals surface area contributed by atoms with Crippen molar-refractivity contribution < 1.29 is 244 Å². The molecular formula is C83H63BrF12K2N16O26. The number of H-pyrrole nitrogens is 1. The average Bonchev–Trinajstić information content (AvgIpc) is 1.64. The van der Waals surface area contributed by atoms with Crippen molar-refractivity contribution in [2.75, 3.05) is 13.7 Å². The van der Waals surface area contributed by atoms with Gasteiger partial charge >= 0.3 is 127 Å². The molecule has 2 amide bonds. The van der Waals surface area contributed by atoms with Gasteiger partial charge in [0.2, 0.25) is 0 Å². The fraction of sp³-hybridized carbons (Fsp3) is 0.181. The number of carbonyl (C=O) groups is 6. The number of aromatic nitrogens is 10. The number of carboxylic acid groups (broad SMARTS) is 1. The summed E-state index contributed by atoms with van der Waals surface area (Å²) in [7, 11) is 1.08. The van der Waals surface area contributed by atoms with E-state index in [1.165, 1.54) is 6.92 Å². The third-order valence-corrected chi connectivity index (χ3v) is 18.3. The Kier molecular flexibility index (Phi) is 43.0. The van der Waals surface area contributed by atoms with Crippen molar-refractivity contribution in [3.8, 4) is 0 Å². The first-order chi connectivity index (χ1) is 65.2. The van der Waals surface area contributed by atoms with Gasteiger partial charge in [-0.25, -0.2) is 71.9 Å². The SMILES string of the molecule is CC(C)(C)OC(=O)NCc1noc(C2=CCc3ncccc32)n1.CCOC(=O)c1cc([N+](=O)[O-])cn(Cc2cc(F)c(F)c(F)c2)c1=O.COC(=O)c1cc([N+](=O)[O-])c[nH]c1=O.Fc1cc(CBr)cc(F)c1F.O=C(NCc1noc(C2=CCc3ncccc32)n1)c1cc([N+](=O)[O-])cn(Cc2cc(F)c(F)c(F)c2)c1=O.O=C(O)c1cc([N+](=O)[O-])cn(Cc2cc(F)c(F)c(F)c2)c1=O.O=CO[O-].[H-].[K+].[K+]. The Bertz CT molecular complexity index is 6980. The van der Waals surface area contributed by atoms with E-state index in [0.29, 0.717) is 81.6 Å². The maximum Gasteiger partial charge on any atom is 1.00 e. The molecule has 0 saturated heterocycles. The van der Waals surface area contributed by atoms with Gasteiger partial charge in [-0.3, -0.25) is 79.2 Å². The number of hydrogen-bond donors (Lipinski definition) is 4. The second-order valence-corrected chi connectivity index (χ2v) is 28.9. The number of allylic oxidation sites excluding steroid dienone is 2. The quantitative estimate of drug-likeness (QED) is 0.00600. The van der Waals surface area contributed by atoms with Crippen LogP contribution in [0, 0.1) is 110 Å². The van der Waals surface area contributed by atoms with E-state index >= 15 is 0 Å². The minimum absolute atomic E-state index is 0. The molecule has 724 valence electrons. The van der Waals surface area contributed by atoms with Crippen LogP contribution in [0.4, 0.5) is 80.2 Å². The molecule has 8 heterocycles. The molecule has 8 aromatic heterocycles. The average molecular weight is 2090 g/mol. The summed E-state index contributed by atoms with van der Waals surface area (Å²) in [6.07, 6.45) is 11.4. The number of esters is 2. The fourth-order valence-electron chi connectivity index (χ4n) is 11.7. The molecule has 14 rings (SSSR count). The van der Waals surface area contributed by atoms with Gasteiger partial charge in [-0.1, -0.05) is 50.5 Å². The zero-order chi connectivity index (χ0) is 102. The van der Waals surface area contributed by atoms with Crippen LogP contribution in [0.5, 0.6) is 0 Å². The second kappa shape index (κ2) is 52.6. The number of alkyl halides is 1. The monoisotopic (exact) mass is 2080 g/mol. The van der Waals surface area contributed by atoms with Crippen molar-refractivity contribution in [3.63, 3.8) is 0 Å². The van der Waals surface area contributed by atoms with Crippen LogP contribution in [0.3, 0.4) is 0 Å². The number of ether oxygens (including phenoxy) is 3. The number of benzene rings is 4. The summed E-state index contributed by atoms with van der Waals surface area (Å²) < 4.78 is 183. The van der Waals surface area contributed by atoms with Crippen molar-refractivity contribution in [2.45, 2.75) is 84.2 Å². The molecule has 0 bridgehead atoms. The number of nitrogens with zero attached hydrogens (tertiary/aromatic N) is 13. The number of carbonyl (C=O) groups excluding carboxylic acids is 5. The molecule has 2 aliphatic rings. The zero-order valence-corrected chi connectivity index (χ0v) is 80.5. The first-order valence-electron chi connectivity index (χ1n) is 38.2. The summed E-state index contributed by atoms with van der Waals surface area (Å²) in [6.45, 7) is 4.88. The Labute approximate surface area is 868 Å². The predicted molar refractivity (Wildman–Crippen MR) is 446 cm³/mol. The number of amides is 2. The summed E-state index contributed by atoms with van der Waals surface area (Å²) in [5.41, 5.74) is -3.96. The first kappa shape index (κ1) is 115. The van der Waals surface area contributed by atoms with E-state index in [1.807, 2.05) is 30.4 Å². The van der Waals surface area contributed by atoms with Crippen LogP contribution in [0.25, 0.3) is 11.1 Å². The number of fused-ring (bicyclic) bond motifs is 2. The number of alkyl carbamates (subject to hydrolysis) is 1. The van der Waals surface area contributed by atoms with Gasteiger partial charge in [-0.05, 0) is 111 Å². The van der Waals surface area contributed by atoms with Gasteiger partial charge in [-0.2, -0.15) is 9.97 Å². The minimum atomic E-state index is -1.70.